The summed E-state index contributed by atoms with van der Waals surface area (Å²) < 4.78 is 0. The Labute approximate surface area is 47.3 Å². The molecule has 1 N–H and O–H groups in total. The molecule has 3 nitrogen and oxygen atoms in total. The van der Waals surface area contributed by atoms with Crippen molar-refractivity contribution >= 4 is 11.8 Å². The Morgan fingerprint density at radius 3 is 2.25 bits per heavy atom. The molecule has 0 aromatic carbocycles. The fourth-order valence-corrected chi connectivity index (χ4v) is 0.231. The molecule has 0 bridgehead atoms. The Morgan fingerprint density at radius 2 is 2.12 bits per heavy atom. The maximum Gasteiger partial charge on any atom is 0.307 e. The van der Waals surface area contributed by atoms with E-state index in [0.717, 1.165) is 6.42 Å². The van der Waals surface area contributed by atoms with Gasteiger partial charge < -0.3 is 9.90 Å². The van der Waals surface area contributed by atoms with E-state index < -0.39 is 5.97 Å². The highest BCUT2D eigenvalue weighted by molar-refractivity contribution is 5.86. The molecule has 0 aliphatic carbocycles. The first-order chi connectivity index (χ1) is 3.63. The molecule has 0 amide bonds. The van der Waals surface area contributed by atoms with E-state index in [1.165, 1.54) is 6.92 Å². The van der Waals surface area contributed by atoms with Gasteiger partial charge in [0.15, 0.2) is 0 Å². The van der Waals surface area contributed by atoms with Gasteiger partial charge in [-0.3, -0.25) is 4.79 Å². The lowest BCUT2D eigenvalue weighted by molar-refractivity contribution is -0.134. The van der Waals surface area contributed by atoms with Crippen LogP contribution in [0.15, 0.2) is 0 Å². The van der Waals surface area contributed by atoms with E-state index in [0.29, 0.717) is 0 Å². The average molecular weight is 115 g/mol. The summed E-state index contributed by atoms with van der Waals surface area (Å²) in [6.45, 7) is 1.35. The van der Waals surface area contributed by atoms with Crippen molar-refractivity contribution in [3.05, 3.63) is 6.42 Å². The normalized spacial score (nSPS) is 8.62. The number of carboxylic acids is 1. The fraction of sp³-hybridized carbons (Fsp3) is 0.400. The minimum absolute atomic E-state index is 0.0231. The molecule has 0 unspecified atom stereocenters. The third-order valence-corrected chi connectivity index (χ3v) is 0.564. The molecule has 0 saturated carbocycles. The second-order valence-corrected chi connectivity index (χ2v) is 1.45. The average Bonchev–Trinajstić information content (AvgIpc) is 1.61. The van der Waals surface area contributed by atoms with Crippen molar-refractivity contribution in [2.24, 2.45) is 0 Å². The lowest BCUT2D eigenvalue weighted by atomic mass is 10.2. The molecule has 0 aromatic rings. The number of hydrogen-bond donors (Lipinski definition) is 1. The highest BCUT2D eigenvalue weighted by atomic mass is 16.4. The van der Waals surface area contributed by atoms with Gasteiger partial charge in [-0.05, 0) is 6.92 Å². The SMILES string of the molecule is CC(=O)C[CH]C(=O)O. The van der Waals surface area contributed by atoms with Crippen molar-refractivity contribution in [3.63, 3.8) is 0 Å². The molecule has 0 fully saturated rings. The lowest BCUT2D eigenvalue weighted by Crippen LogP contribution is -1.99. The third kappa shape index (κ3) is 5.14. The van der Waals surface area contributed by atoms with Crippen molar-refractivity contribution in [2.75, 3.05) is 0 Å². The molecule has 0 spiro atoms. The van der Waals surface area contributed by atoms with Crippen LogP contribution in [0, 0.1) is 6.42 Å². The Bertz CT molecular complexity index is 92.2. The molecule has 0 rings (SSSR count). The van der Waals surface area contributed by atoms with Crippen molar-refractivity contribution < 1.29 is 14.7 Å². The van der Waals surface area contributed by atoms with Gasteiger partial charge in [-0.25, -0.2) is 0 Å². The van der Waals surface area contributed by atoms with Crippen LogP contribution < -0.4 is 0 Å². The summed E-state index contributed by atoms with van der Waals surface area (Å²) in [6, 6.07) is 0. The van der Waals surface area contributed by atoms with E-state index in [4.69, 9.17) is 5.11 Å². The maximum atomic E-state index is 10.1. The summed E-state index contributed by atoms with van der Waals surface area (Å²) in [5.74, 6) is -1.17. The number of Topliss-reactive ketones (excluding diaryl/α,β-unsaturated/α-hetero) is 1. The molecule has 8 heavy (non-hydrogen) atoms. The first-order valence-corrected chi connectivity index (χ1v) is 2.18. The molecule has 3 heteroatoms. The topological polar surface area (TPSA) is 54.4 Å². The molecular formula is C5H7O3. The summed E-state index contributed by atoms with van der Waals surface area (Å²) in [5.41, 5.74) is 0. The Balaban J connectivity index is 3.18. The minimum Gasteiger partial charge on any atom is -0.481 e. The summed E-state index contributed by atoms with van der Waals surface area (Å²) in [5, 5.41) is 7.95. The quantitative estimate of drug-likeness (QED) is 0.573. The van der Waals surface area contributed by atoms with Gasteiger partial charge in [0, 0.05) is 6.42 Å². The van der Waals surface area contributed by atoms with Crippen LogP contribution in [0.3, 0.4) is 0 Å². The van der Waals surface area contributed by atoms with Crippen molar-refractivity contribution in [3.8, 4) is 0 Å². The molecule has 0 aliphatic heterocycles. The van der Waals surface area contributed by atoms with Crippen LogP contribution in [0.2, 0.25) is 0 Å². The molecule has 45 valence electrons. The highest BCUT2D eigenvalue weighted by Crippen LogP contribution is 1.86. The van der Waals surface area contributed by atoms with E-state index in [1.807, 2.05) is 0 Å². The largest absolute Gasteiger partial charge is 0.481 e. The van der Waals surface area contributed by atoms with Crippen LogP contribution in [-0.4, -0.2) is 16.9 Å². The smallest absolute Gasteiger partial charge is 0.307 e. The van der Waals surface area contributed by atoms with E-state index in [2.05, 4.69) is 0 Å². The second-order valence-electron chi connectivity index (χ2n) is 1.45. The van der Waals surface area contributed by atoms with Crippen LogP contribution in [0.1, 0.15) is 13.3 Å². The number of carbonyl (C=O) groups is 2. The van der Waals surface area contributed by atoms with Crippen LogP contribution in [0.5, 0.6) is 0 Å². The number of aliphatic carboxylic acids is 1. The summed E-state index contributed by atoms with van der Waals surface area (Å²) in [7, 11) is 0. The predicted molar refractivity (Wildman–Crippen MR) is 27.2 cm³/mol. The van der Waals surface area contributed by atoms with E-state index in [1.54, 1.807) is 0 Å². The summed E-state index contributed by atoms with van der Waals surface area (Å²) in [6.07, 6.45) is 0.956. The first kappa shape index (κ1) is 7.14. The molecule has 1 radical (unpaired) electrons. The van der Waals surface area contributed by atoms with Gasteiger partial charge in [0.1, 0.15) is 5.78 Å². The van der Waals surface area contributed by atoms with Gasteiger partial charge in [0.2, 0.25) is 0 Å². The number of hydrogen-bond acceptors (Lipinski definition) is 2. The van der Waals surface area contributed by atoms with Gasteiger partial charge in [-0.2, -0.15) is 0 Å². The van der Waals surface area contributed by atoms with Crippen molar-refractivity contribution in [2.45, 2.75) is 13.3 Å². The van der Waals surface area contributed by atoms with E-state index in [-0.39, 0.29) is 12.2 Å². The lowest BCUT2D eigenvalue weighted by Gasteiger charge is -1.85. The van der Waals surface area contributed by atoms with Crippen molar-refractivity contribution in [1.29, 1.82) is 0 Å². The molecule has 0 aliphatic rings. The Hall–Kier alpha value is -0.860. The Kier molecular flexibility index (Phi) is 2.84. The van der Waals surface area contributed by atoms with Gasteiger partial charge in [0.25, 0.3) is 0 Å². The number of carbonyl (C=O) groups excluding carboxylic acids is 1. The zero-order chi connectivity index (χ0) is 6.57. The fourth-order valence-electron chi connectivity index (χ4n) is 0.231. The Morgan fingerprint density at radius 1 is 1.62 bits per heavy atom. The molecule has 0 atom stereocenters. The molecule has 0 heterocycles. The monoisotopic (exact) mass is 115 g/mol. The maximum absolute atomic E-state index is 10.1. The van der Waals surface area contributed by atoms with Gasteiger partial charge in [-0.1, -0.05) is 0 Å². The molecule has 0 aromatic heterocycles. The first-order valence-electron chi connectivity index (χ1n) is 2.18. The van der Waals surface area contributed by atoms with Crippen LogP contribution in [0.4, 0.5) is 0 Å². The number of ketones is 1. The summed E-state index contributed by atoms with van der Waals surface area (Å²) in [4.78, 5) is 19.7. The molecule has 0 saturated heterocycles. The van der Waals surface area contributed by atoms with Crippen LogP contribution in [0.25, 0.3) is 0 Å². The third-order valence-electron chi connectivity index (χ3n) is 0.564. The van der Waals surface area contributed by atoms with Crippen molar-refractivity contribution in [1.82, 2.24) is 0 Å². The van der Waals surface area contributed by atoms with E-state index >= 15 is 0 Å². The molecular weight excluding hydrogens is 108 g/mol. The number of carboxylic acid groups (broad SMARTS) is 1. The standard InChI is InChI=1S/C5H7O3/c1-4(6)2-3-5(7)8/h3H,2H2,1H3,(H,7,8). The van der Waals surface area contributed by atoms with Gasteiger partial charge >= 0.3 is 5.97 Å². The predicted octanol–water partition coefficient (Wildman–Crippen LogP) is 0.254. The van der Waals surface area contributed by atoms with Crippen LogP contribution >= 0.6 is 0 Å². The zero-order valence-corrected chi connectivity index (χ0v) is 4.55. The van der Waals surface area contributed by atoms with Gasteiger partial charge in [-0.15, -0.1) is 0 Å². The highest BCUT2D eigenvalue weighted by Gasteiger charge is 1.98. The second kappa shape index (κ2) is 3.18. The number of rotatable bonds is 3. The zero-order valence-electron chi connectivity index (χ0n) is 4.55. The minimum atomic E-state index is -1.04. The van der Waals surface area contributed by atoms with Gasteiger partial charge in [0.05, 0.1) is 6.42 Å². The van der Waals surface area contributed by atoms with E-state index in [9.17, 15) is 9.59 Å². The van der Waals surface area contributed by atoms with Crippen LogP contribution in [-0.2, 0) is 9.59 Å². The summed E-state index contributed by atoms with van der Waals surface area (Å²) >= 11 is 0.